The Bertz CT molecular complexity index is 940. The number of β-amino-alcohol motifs (C(OH)–C–C–N with tert-alkyl or cyclic N) is 1. The molecule has 3 heterocycles. The minimum absolute atomic E-state index is 0.101. The van der Waals surface area contributed by atoms with Gasteiger partial charge < -0.3 is 14.7 Å². The molecule has 26 heavy (non-hydrogen) atoms. The molecule has 0 spiro atoms. The summed E-state index contributed by atoms with van der Waals surface area (Å²) in [7, 11) is 0. The van der Waals surface area contributed by atoms with Gasteiger partial charge in [-0.2, -0.15) is 0 Å². The van der Waals surface area contributed by atoms with E-state index < -0.39 is 6.10 Å². The average molecular weight is 389 g/mol. The van der Waals surface area contributed by atoms with Gasteiger partial charge in [0.15, 0.2) is 0 Å². The van der Waals surface area contributed by atoms with Crippen LogP contribution in [0, 0.1) is 0 Å². The fraction of sp³-hybridized carbons (Fsp3) is 0.263. The van der Waals surface area contributed by atoms with E-state index in [4.69, 9.17) is 16.3 Å². The van der Waals surface area contributed by atoms with Crippen LogP contribution in [0.15, 0.2) is 48.8 Å². The van der Waals surface area contributed by atoms with Crippen molar-refractivity contribution < 1.29 is 14.6 Å². The van der Waals surface area contributed by atoms with Gasteiger partial charge >= 0.3 is 0 Å². The minimum atomic E-state index is -0.750. The summed E-state index contributed by atoms with van der Waals surface area (Å²) in [6, 6.07) is 11.1. The van der Waals surface area contributed by atoms with Crippen LogP contribution in [0.1, 0.15) is 16.1 Å². The first-order chi connectivity index (χ1) is 12.6. The van der Waals surface area contributed by atoms with Gasteiger partial charge in [0.1, 0.15) is 18.0 Å². The number of benzene rings is 1. The van der Waals surface area contributed by atoms with Crippen molar-refractivity contribution in [2.75, 3.05) is 13.1 Å². The molecule has 1 aliphatic heterocycles. The van der Waals surface area contributed by atoms with Crippen molar-refractivity contribution in [1.29, 1.82) is 0 Å². The van der Waals surface area contributed by atoms with E-state index in [-0.39, 0.29) is 18.6 Å². The Kier molecular flexibility index (Phi) is 4.80. The van der Waals surface area contributed by atoms with Gasteiger partial charge in [0.25, 0.3) is 5.91 Å². The van der Waals surface area contributed by atoms with Crippen molar-refractivity contribution >= 4 is 39.6 Å². The zero-order valence-corrected chi connectivity index (χ0v) is 15.4. The molecule has 0 radical (unpaired) electrons. The Morgan fingerprint density at radius 1 is 1.31 bits per heavy atom. The topological polar surface area (TPSA) is 62.7 Å². The standard InChI is InChI=1S/C19H17ClN2O3S/c20-18-5-4-17(26-18)19(24)22-9-7-16(14(23)11-22)25-15-3-1-2-12-10-21-8-6-13(12)15/h1-6,8,10,14,16,23H,7,9,11H2/t14-,16-/m1/s1. The van der Waals surface area contributed by atoms with E-state index in [1.54, 1.807) is 29.4 Å². The highest BCUT2D eigenvalue weighted by molar-refractivity contribution is 7.17. The maximum Gasteiger partial charge on any atom is 0.264 e. The van der Waals surface area contributed by atoms with E-state index in [0.717, 1.165) is 16.5 Å². The van der Waals surface area contributed by atoms with E-state index in [9.17, 15) is 9.90 Å². The van der Waals surface area contributed by atoms with Gasteiger partial charge in [-0.3, -0.25) is 9.78 Å². The zero-order chi connectivity index (χ0) is 18.1. The molecule has 0 bridgehead atoms. The summed E-state index contributed by atoms with van der Waals surface area (Å²) in [5, 5.41) is 12.5. The summed E-state index contributed by atoms with van der Waals surface area (Å²) >= 11 is 7.16. The van der Waals surface area contributed by atoms with Crippen molar-refractivity contribution in [2.24, 2.45) is 0 Å². The summed E-state index contributed by atoms with van der Waals surface area (Å²) in [4.78, 5) is 18.9. The van der Waals surface area contributed by atoms with Crippen molar-refractivity contribution in [3.63, 3.8) is 0 Å². The third-order valence-corrected chi connectivity index (χ3v) is 5.73. The Morgan fingerprint density at radius 2 is 2.19 bits per heavy atom. The lowest BCUT2D eigenvalue weighted by molar-refractivity contribution is -0.0191. The Hall–Kier alpha value is -2.15. The number of carbonyl (C=O) groups is 1. The predicted molar refractivity (Wildman–Crippen MR) is 102 cm³/mol. The van der Waals surface area contributed by atoms with Crippen LogP contribution in [0.3, 0.4) is 0 Å². The number of nitrogens with zero attached hydrogens (tertiary/aromatic N) is 2. The molecule has 3 aromatic rings. The van der Waals surface area contributed by atoms with E-state index in [2.05, 4.69) is 4.98 Å². The minimum Gasteiger partial charge on any atom is -0.487 e. The first-order valence-corrected chi connectivity index (χ1v) is 9.53. The van der Waals surface area contributed by atoms with E-state index in [1.807, 2.05) is 24.3 Å². The maximum absolute atomic E-state index is 12.5. The van der Waals surface area contributed by atoms with Crippen LogP contribution >= 0.6 is 22.9 Å². The van der Waals surface area contributed by atoms with Gasteiger partial charge in [0.2, 0.25) is 0 Å². The lowest BCUT2D eigenvalue weighted by atomic mass is 10.0. The summed E-state index contributed by atoms with van der Waals surface area (Å²) in [5.74, 6) is 0.620. The lowest BCUT2D eigenvalue weighted by Crippen LogP contribution is -2.50. The van der Waals surface area contributed by atoms with Crippen LogP contribution < -0.4 is 4.74 Å². The summed E-state index contributed by atoms with van der Waals surface area (Å²) in [6.45, 7) is 0.772. The Balaban J connectivity index is 1.46. The van der Waals surface area contributed by atoms with Gasteiger partial charge in [-0.1, -0.05) is 23.7 Å². The molecule has 0 aliphatic carbocycles. The highest BCUT2D eigenvalue weighted by Gasteiger charge is 2.32. The van der Waals surface area contributed by atoms with Crippen LogP contribution in [0.25, 0.3) is 10.8 Å². The number of aliphatic hydroxyl groups is 1. The molecule has 0 saturated carbocycles. The molecule has 4 rings (SSSR count). The number of halogens is 1. The van der Waals surface area contributed by atoms with Crippen LogP contribution in [0.2, 0.25) is 4.34 Å². The fourth-order valence-electron chi connectivity index (χ4n) is 3.18. The second kappa shape index (κ2) is 7.23. The molecule has 5 nitrogen and oxygen atoms in total. The third kappa shape index (κ3) is 3.40. The summed E-state index contributed by atoms with van der Waals surface area (Å²) < 4.78 is 6.67. The molecule has 1 amide bonds. The van der Waals surface area contributed by atoms with Gasteiger partial charge in [-0.05, 0) is 24.3 Å². The number of amides is 1. The molecule has 0 unspecified atom stereocenters. The van der Waals surface area contributed by atoms with Gasteiger partial charge in [0.05, 0.1) is 15.8 Å². The van der Waals surface area contributed by atoms with Crippen molar-refractivity contribution in [3.05, 3.63) is 58.0 Å². The van der Waals surface area contributed by atoms with Crippen LogP contribution in [0.5, 0.6) is 5.75 Å². The number of hydrogen-bond donors (Lipinski definition) is 1. The number of rotatable bonds is 3. The molecular formula is C19H17ClN2O3S. The van der Waals surface area contributed by atoms with Gasteiger partial charge in [-0.15, -0.1) is 11.3 Å². The molecule has 1 aromatic carbocycles. The summed E-state index contributed by atoms with van der Waals surface area (Å²) in [5.41, 5.74) is 0. The highest BCUT2D eigenvalue weighted by Crippen LogP contribution is 2.29. The largest absolute Gasteiger partial charge is 0.487 e. The number of fused-ring (bicyclic) bond motifs is 1. The van der Waals surface area contributed by atoms with Crippen LogP contribution in [-0.2, 0) is 0 Å². The number of thiophene rings is 1. The van der Waals surface area contributed by atoms with Crippen molar-refractivity contribution in [3.8, 4) is 5.75 Å². The van der Waals surface area contributed by atoms with Crippen LogP contribution in [0.4, 0.5) is 0 Å². The molecule has 2 atom stereocenters. The van der Waals surface area contributed by atoms with E-state index in [0.29, 0.717) is 22.2 Å². The molecule has 1 saturated heterocycles. The van der Waals surface area contributed by atoms with Crippen LogP contribution in [-0.4, -0.2) is 46.2 Å². The molecular weight excluding hydrogens is 372 g/mol. The summed E-state index contributed by atoms with van der Waals surface area (Å²) in [6.07, 6.45) is 2.96. The van der Waals surface area contributed by atoms with E-state index >= 15 is 0 Å². The SMILES string of the molecule is O=C(c1ccc(Cl)s1)N1CC[C@@H](Oc2cccc3cnccc23)[C@H](O)C1. The smallest absolute Gasteiger partial charge is 0.264 e. The number of pyridine rings is 1. The first-order valence-electron chi connectivity index (χ1n) is 8.34. The number of ether oxygens (including phenoxy) is 1. The predicted octanol–water partition coefficient (Wildman–Crippen LogP) is 3.60. The number of carbonyl (C=O) groups excluding carboxylic acids is 1. The van der Waals surface area contributed by atoms with Crippen molar-refractivity contribution in [2.45, 2.75) is 18.6 Å². The molecule has 134 valence electrons. The maximum atomic E-state index is 12.5. The average Bonchev–Trinajstić information content (AvgIpc) is 3.09. The monoisotopic (exact) mass is 388 g/mol. The quantitative estimate of drug-likeness (QED) is 0.744. The normalized spacial score (nSPS) is 20.3. The second-order valence-electron chi connectivity index (χ2n) is 6.22. The van der Waals surface area contributed by atoms with Gasteiger partial charge in [-0.25, -0.2) is 0 Å². The molecule has 2 aromatic heterocycles. The number of aliphatic hydroxyl groups excluding tert-OH is 1. The fourth-order valence-corrected chi connectivity index (χ4v) is 4.19. The number of aromatic nitrogens is 1. The zero-order valence-electron chi connectivity index (χ0n) is 13.8. The number of hydrogen-bond acceptors (Lipinski definition) is 5. The Morgan fingerprint density at radius 3 is 2.96 bits per heavy atom. The van der Waals surface area contributed by atoms with Gasteiger partial charge in [0, 0.05) is 36.1 Å². The van der Waals surface area contributed by atoms with E-state index in [1.165, 1.54) is 11.3 Å². The molecule has 7 heteroatoms. The molecule has 1 aliphatic rings. The van der Waals surface area contributed by atoms with Crippen molar-refractivity contribution in [1.82, 2.24) is 9.88 Å². The lowest BCUT2D eigenvalue weighted by Gasteiger charge is -2.35. The Labute approximate surface area is 159 Å². The molecule has 1 fully saturated rings. The first kappa shape index (κ1) is 17.3. The highest BCUT2D eigenvalue weighted by atomic mass is 35.5. The second-order valence-corrected chi connectivity index (χ2v) is 7.94. The number of piperidine rings is 1. The molecule has 1 N–H and O–H groups in total. The third-order valence-electron chi connectivity index (χ3n) is 4.51. The number of likely N-dealkylation sites (tertiary alicyclic amines) is 1.